The monoisotopic (exact) mass is 254 g/mol. The molecular weight excluding hydrogens is 224 g/mol. The van der Waals surface area contributed by atoms with Crippen molar-refractivity contribution in [3.05, 3.63) is 0 Å². The van der Waals surface area contributed by atoms with Gasteiger partial charge in [0.25, 0.3) is 0 Å². The summed E-state index contributed by atoms with van der Waals surface area (Å²) in [5.41, 5.74) is 0. The molecule has 0 aromatic rings. The van der Waals surface area contributed by atoms with Crippen molar-refractivity contribution in [1.82, 2.24) is 10.2 Å². The van der Waals surface area contributed by atoms with Gasteiger partial charge >= 0.3 is 0 Å². The van der Waals surface area contributed by atoms with E-state index in [0.29, 0.717) is 6.10 Å². The van der Waals surface area contributed by atoms with Crippen molar-refractivity contribution in [3.63, 3.8) is 0 Å². The number of nitrogens with one attached hydrogen (secondary N) is 1. The van der Waals surface area contributed by atoms with Gasteiger partial charge in [-0.3, -0.25) is 0 Å². The van der Waals surface area contributed by atoms with Crippen LogP contribution >= 0.6 is 0 Å². The smallest absolute Gasteiger partial charge is 0.0597 e. The lowest BCUT2D eigenvalue weighted by Crippen LogP contribution is -2.43. The van der Waals surface area contributed by atoms with E-state index in [4.69, 9.17) is 4.74 Å². The van der Waals surface area contributed by atoms with Crippen molar-refractivity contribution in [2.75, 3.05) is 39.3 Å². The summed E-state index contributed by atoms with van der Waals surface area (Å²) < 4.78 is 5.99. The minimum Gasteiger partial charge on any atom is -0.377 e. The highest BCUT2D eigenvalue weighted by molar-refractivity contribution is 4.73. The Labute approximate surface area is 112 Å². The first-order chi connectivity index (χ1) is 8.74. The number of hydrogen-bond acceptors (Lipinski definition) is 3. The average molecular weight is 254 g/mol. The van der Waals surface area contributed by atoms with Crippen LogP contribution in [0.3, 0.4) is 0 Å². The van der Waals surface area contributed by atoms with Crippen LogP contribution in [0.4, 0.5) is 0 Å². The Kier molecular flexibility index (Phi) is 5.93. The lowest BCUT2D eigenvalue weighted by Gasteiger charge is -2.31. The molecule has 1 heterocycles. The molecule has 1 aliphatic carbocycles. The first-order valence-corrected chi connectivity index (χ1v) is 7.78. The van der Waals surface area contributed by atoms with Crippen LogP contribution in [0.25, 0.3) is 0 Å². The van der Waals surface area contributed by atoms with Crippen LogP contribution in [0.5, 0.6) is 0 Å². The van der Waals surface area contributed by atoms with Crippen molar-refractivity contribution in [3.8, 4) is 0 Å². The number of rotatable bonds is 4. The van der Waals surface area contributed by atoms with Gasteiger partial charge in [-0.15, -0.1) is 0 Å². The Hall–Kier alpha value is -0.120. The van der Waals surface area contributed by atoms with Gasteiger partial charge in [-0.05, 0) is 37.8 Å². The second-order valence-electron chi connectivity index (χ2n) is 6.41. The average Bonchev–Trinajstić information content (AvgIpc) is 2.79. The second kappa shape index (κ2) is 7.46. The fourth-order valence-electron chi connectivity index (χ4n) is 3.25. The molecule has 0 bridgehead atoms. The molecule has 0 aromatic carbocycles. The predicted octanol–water partition coefficient (Wildman–Crippen LogP) is 2.12. The Morgan fingerprint density at radius 2 is 1.67 bits per heavy atom. The van der Waals surface area contributed by atoms with Crippen molar-refractivity contribution < 1.29 is 4.74 Å². The first-order valence-electron chi connectivity index (χ1n) is 7.78. The molecule has 106 valence electrons. The van der Waals surface area contributed by atoms with Gasteiger partial charge in [-0.2, -0.15) is 0 Å². The van der Waals surface area contributed by atoms with Crippen LogP contribution < -0.4 is 5.32 Å². The molecule has 1 N–H and O–H groups in total. The summed E-state index contributed by atoms with van der Waals surface area (Å²) in [6.45, 7) is 11.5. The normalized spacial score (nSPS) is 32.3. The Balaban J connectivity index is 1.67. The van der Waals surface area contributed by atoms with E-state index in [2.05, 4.69) is 24.1 Å². The summed E-state index contributed by atoms with van der Waals surface area (Å²) in [7, 11) is 0. The number of hydrogen-bond donors (Lipinski definition) is 1. The van der Waals surface area contributed by atoms with E-state index in [1.165, 1.54) is 38.8 Å². The van der Waals surface area contributed by atoms with Crippen molar-refractivity contribution >= 4 is 0 Å². The maximum atomic E-state index is 5.99. The van der Waals surface area contributed by atoms with Crippen LogP contribution in [-0.2, 0) is 4.74 Å². The topological polar surface area (TPSA) is 24.5 Å². The lowest BCUT2D eigenvalue weighted by atomic mass is 10.1. The summed E-state index contributed by atoms with van der Waals surface area (Å²) in [4.78, 5) is 2.60. The van der Waals surface area contributed by atoms with Crippen LogP contribution in [0.2, 0.25) is 0 Å². The molecule has 2 aliphatic rings. The molecule has 2 rings (SSSR count). The van der Waals surface area contributed by atoms with Gasteiger partial charge in [0.15, 0.2) is 0 Å². The zero-order valence-corrected chi connectivity index (χ0v) is 12.2. The molecule has 0 spiro atoms. The van der Waals surface area contributed by atoms with Crippen LogP contribution in [0.1, 0.15) is 39.5 Å². The van der Waals surface area contributed by atoms with Crippen molar-refractivity contribution in [1.29, 1.82) is 0 Å². The van der Waals surface area contributed by atoms with Gasteiger partial charge in [0.2, 0.25) is 0 Å². The Morgan fingerprint density at radius 3 is 2.28 bits per heavy atom. The van der Waals surface area contributed by atoms with E-state index < -0.39 is 0 Å². The maximum absolute atomic E-state index is 5.99. The standard InChI is InChI=1S/C15H30N2O/c1-13-9-16-10-14(2)12-17(11-13)7-8-18-15-5-3-4-6-15/h13-16H,3-12H2,1-2H3. The van der Waals surface area contributed by atoms with E-state index in [1.54, 1.807) is 0 Å². The largest absolute Gasteiger partial charge is 0.377 e. The Morgan fingerprint density at radius 1 is 1.06 bits per heavy atom. The predicted molar refractivity (Wildman–Crippen MR) is 75.8 cm³/mol. The zero-order valence-electron chi connectivity index (χ0n) is 12.2. The van der Waals surface area contributed by atoms with Crippen molar-refractivity contribution in [2.45, 2.75) is 45.6 Å². The molecule has 0 amide bonds. The van der Waals surface area contributed by atoms with Crippen LogP contribution in [0, 0.1) is 11.8 Å². The van der Waals surface area contributed by atoms with Crippen LogP contribution in [-0.4, -0.2) is 50.3 Å². The number of nitrogens with zero attached hydrogens (tertiary/aromatic N) is 1. The fourth-order valence-corrected chi connectivity index (χ4v) is 3.25. The van der Waals surface area contributed by atoms with E-state index in [1.807, 2.05) is 0 Å². The van der Waals surface area contributed by atoms with Gasteiger partial charge in [0.05, 0.1) is 12.7 Å². The molecule has 0 aromatic heterocycles. The highest BCUT2D eigenvalue weighted by atomic mass is 16.5. The molecule has 3 heteroatoms. The van der Waals surface area contributed by atoms with Gasteiger partial charge in [0, 0.05) is 19.6 Å². The SMILES string of the molecule is CC1CNCC(C)CN(CCOC2CCCC2)C1. The zero-order chi connectivity index (χ0) is 12.8. The quantitative estimate of drug-likeness (QED) is 0.832. The highest BCUT2D eigenvalue weighted by Crippen LogP contribution is 2.20. The van der Waals surface area contributed by atoms with Crippen LogP contribution in [0.15, 0.2) is 0 Å². The third kappa shape index (κ3) is 4.87. The van der Waals surface area contributed by atoms with E-state index in [-0.39, 0.29) is 0 Å². The minimum atomic E-state index is 0.566. The molecule has 2 atom stereocenters. The van der Waals surface area contributed by atoms with Gasteiger partial charge in [-0.25, -0.2) is 0 Å². The Bertz CT molecular complexity index is 217. The molecule has 3 nitrogen and oxygen atoms in total. The molecule has 1 saturated heterocycles. The number of ether oxygens (including phenoxy) is 1. The third-order valence-corrected chi connectivity index (χ3v) is 4.19. The molecular formula is C15H30N2O. The van der Waals surface area contributed by atoms with E-state index in [9.17, 15) is 0 Å². The van der Waals surface area contributed by atoms with Gasteiger partial charge in [-0.1, -0.05) is 26.7 Å². The second-order valence-corrected chi connectivity index (χ2v) is 6.41. The molecule has 2 unspecified atom stereocenters. The summed E-state index contributed by atoms with van der Waals surface area (Å²) in [6, 6.07) is 0. The van der Waals surface area contributed by atoms with Gasteiger partial charge < -0.3 is 15.0 Å². The minimum absolute atomic E-state index is 0.566. The van der Waals surface area contributed by atoms with E-state index >= 15 is 0 Å². The fraction of sp³-hybridized carbons (Fsp3) is 1.00. The molecule has 1 aliphatic heterocycles. The summed E-state index contributed by atoms with van der Waals surface area (Å²) in [6.07, 6.45) is 5.88. The molecule has 2 fully saturated rings. The molecule has 18 heavy (non-hydrogen) atoms. The maximum Gasteiger partial charge on any atom is 0.0597 e. The first kappa shape index (κ1) is 14.3. The lowest BCUT2D eigenvalue weighted by molar-refractivity contribution is 0.0355. The highest BCUT2D eigenvalue weighted by Gasteiger charge is 2.19. The van der Waals surface area contributed by atoms with E-state index in [0.717, 1.165) is 38.1 Å². The molecule has 0 radical (unpaired) electrons. The molecule has 1 saturated carbocycles. The third-order valence-electron chi connectivity index (χ3n) is 4.19. The summed E-state index contributed by atoms with van der Waals surface area (Å²) in [5.74, 6) is 1.51. The summed E-state index contributed by atoms with van der Waals surface area (Å²) >= 11 is 0. The van der Waals surface area contributed by atoms with Crippen molar-refractivity contribution in [2.24, 2.45) is 11.8 Å². The van der Waals surface area contributed by atoms with Gasteiger partial charge in [0.1, 0.15) is 0 Å². The summed E-state index contributed by atoms with van der Waals surface area (Å²) in [5, 5.41) is 3.55.